The van der Waals surface area contributed by atoms with E-state index in [1.54, 1.807) is 22.8 Å². The lowest BCUT2D eigenvalue weighted by atomic mass is 10.1. The van der Waals surface area contributed by atoms with Crippen LogP contribution in [-0.4, -0.2) is 26.1 Å². The Labute approximate surface area is 197 Å². The standard InChI is InChI=1S/C23H21ClF4N6/c24-19-15(7-5-8-16(19)23(26,27)28)20-32-18-13-31-22(30-12-14-6-1-2-9-17(14)25)33-21(18)34(20)11-4-3-10-29/h1-2,5-9,13H,3-4,10-12,29H2,(H,30,31,33). The molecule has 2 aromatic heterocycles. The summed E-state index contributed by atoms with van der Waals surface area (Å²) in [5.74, 6) is 0.130. The number of anilines is 1. The van der Waals surface area contributed by atoms with Crippen molar-refractivity contribution in [1.29, 1.82) is 0 Å². The van der Waals surface area contributed by atoms with Crippen LogP contribution in [0.3, 0.4) is 0 Å². The molecule has 0 aliphatic rings. The number of imidazole rings is 1. The Kier molecular flexibility index (Phi) is 6.99. The van der Waals surface area contributed by atoms with Gasteiger partial charge in [0.2, 0.25) is 5.95 Å². The maximum atomic E-state index is 13.9. The number of fused-ring (bicyclic) bond motifs is 1. The van der Waals surface area contributed by atoms with Crippen molar-refractivity contribution < 1.29 is 17.6 Å². The van der Waals surface area contributed by atoms with Gasteiger partial charge in [-0.15, -0.1) is 0 Å². The molecule has 178 valence electrons. The second-order valence-corrected chi connectivity index (χ2v) is 7.97. The Morgan fingerprint density at radius 3 is 2.56 bits per heavy atom. The number of nitrogens with two attached hydrogens (primary N) is 1. The monoisotopic (exact) mass is 492 g/mol. The number of aryl methyl sites for hydroxylation is 1. The SMILES string of the molecule is NCCCCn1c(-c2cccc(C(F)(F)F)c2Cl)nc2cnc(NCc3ccccc3F)nc21. The summed E-state index contributed by atoms with van der Waals surface area (Å²) in [7, 11) is 0. The molecule has 0 fully saturated rings. The predicted octanol–water partition coefficient (Wildman–Crippen LogP) is 5.66. The molecule has 2 heterocycles. The van der Waals surface area contributed by atoms with E-state index >= 15 is 0 Å². The zero-order valence-corrected chi connectivity index (χ0v) is 18.7. The van der Waals surface area contributed by atoms with Crippen molar-refractivity contribution in [3.8, 4) is 11.4 Å². The highest BCUT2D eigenvalue weighted by atomic mass is 35.5. The first-order chi connectivity index (χ1) is 16.3. The Morgan fingerprint density at radius 1 is 1.03 bits per heavy atom. The number of hydrogen-bond donors (Lipinski definition) is 2. The molecule has 0 bridgehead atoms. The van der Waals surface area contributed by atoms with Crippen molar-refractivity contribution >= 4 is 28.7 Å². The average Bonchev–Trinajstić information content (AvgIpc) is 3.15. The minimum absolute atomic E-state index is 0.142. The summed E-state index contributed by atoms with van der Waals surface area (Å²) in [6.45, 7) is 1.04. The lowest BCUT2D eigenvalue weighted by molar-refractivity contribution is -0.137. The number of hydrogen-bond acceptors (Lipinski definition) is 5. The van der Waals surface area contributed by atoms with Gasteiger partial charge >= 0.3 is 6.18 Å². The van der Waals surface area contributed by atoms with E-state index in [1.165, 1.54) is 24.4 Å². The van der Waals surface area contributed by atoms with Crippen LogP contribution in [0.1, 0.15) is 24.0 Å². The van der Waals surface area contributed by atoms with Gasteiger partial charge in [-0.05, 0) is 37.6 Å². The fraction of sp³-hybridized carbons (Fsp3) is 0.261. The summed E-state index contributed by atoms with van der Waals surface area (Å²) >= 11 is 6.18. The number of halogens is 5. The Morgan fingerprint density at radius 2 is 1.82 bits per heavy atom. The third-order valence-corrected chi connectivity index (χ3v) is 5.67. The van der Waals surface area contributed by atoms with Crippen LogP contribution in [0.15, 0.2) is 48.7 Å². The molecule has 0 aliphatic carbocycles. The Hall–Kier alpha value is -3.24. The van der Waals surface area contributed by atoms with Crippen molar-refractivity contribution in [1.82, 2.24) is 19.5 Å². The topological polar surface area (TPSA) is 81.7 Å². The molecule has 0 saturated carbocycles. The number of unbranched alkanes of at least 4 members (excludes halogenated alkanes) is 1. The van der Waals surface area contributed by atoms with E-state index in [9.17, 15) is 17.6 Å². The van der Waals surface area contributed by atoms with Crippen LogP contribution in [0, 0.1) is 5.82 Å². The van der Waals surface area contributed by atoms with Gasteiger partial charge in [-0.3, -0.25) is 0 Å². The van der Waals surface area contributed by atoms with Crippen LogP contribution in [0.4, 0.5) is 23.5 Å². The minimum atomic E-state index is -4.60. The highest BCUT2D eigenvalue weighted by molar-refractivity contribution is 6.34. The second-order valence-electron chi connectivity index (χ2n) is 7.60. The summed E-state index contributed by atoms with van der Waals surface area (Å²) in [5, 5.41) is 2.55. The second kappa shape index (κ2) is 9.94. The minimum Gasteiger partial charge on any atom is -0.350 e. The van der Waals surface area contributed by atoms with Crippen molar-refractivity contribution in [2.45, 2.75) is 32.1 Å². The van der Waals surface area contributed by atoms with E-state index in [-0.39, 0.29) is 29.7 Å². The Balaban J connectivity index is 1.75. The van der Waals surface area contributed by atoms with E-state index in [0.29, 0.717) is 42.7 Å². The molecule has 34 heavy (non-hydrogen) atoms. The molecule has 0 amide bonds. The molecule has 6 nitrogen and oxygen atoms in total. The molecule has 0 saturated heterocycles. The molecule has 0 atom stereocenters. The van der Waals surface area contributed by atoms with Crippen LogP contribution in [0.25, 0.3) is 22.6 Å². The fourth-order valence-corrected chi connectivity index (χ4v) is 3.89. The fourth-order valence-electron chi connectivity index (χ4n) is 3.58. The largest absolute Gasteiger partial charge is 0.417 e. The first-order valence-corrected chi connectivity index (χ1v) is 10.9. The summed E-state index contributed by atoms with van der Waals surface area (Å²) in [5.41, 5.74) is 6.08. The van der Waals surface area contributed by atoms with Crippen LogP contribution >= 0.6 is 11.6 Å². The first-order valence-electron chi connectivity index (χ1n) is 10.6. The van der Waals surface area contributed by atoms with E-state index in [4.69, 9.17) is 17.3 Å². The molecule has 11 heteroatoms. The average molecular weight is 493 g/mol. The molecule has 3 N–H and O–H groups in total. The molecule has 0 aliphatic heterocycles. The summed E-state index contributed by atoms with van der Waals surface area (Å²) in [6.07, 6.45) is -1.77. The van der Waals surface area contributed by atoms with Gasteiger partial charge in [-0.25, -0.2) is 14.4 Å². The molecule has 0 spiro atoms. The number of nitrogens with one attached hydrogen (secondary N) is 1. The van der Waals surface area contributed by atoms with Crippen LogP contribution < -0.4 is 11.1 Å². The third kappa shape index (κ3) is 4.97. The van der Waals surface area contributed by atoms with Gasteiger partial charge in [0.25, 0.3) is 0 Å². The number of aromatic nitrogens is 4. The molecule has 4 aromatic rings. The number of benzene rings is 2. The number of alkyl halides is 3. The van der Waals surface area contributed by atoms with Crippen molar-refractivity contribution in [2.75, 3.05) is 11.9 Å². The number of rotatable bonds is 8. The molecule has 0 radical (unpaired) electrons. The maximum absolute atomic E-state index is 13.9. The molecular weight excluding hydrogens is 472 g/mol. The molecule has 4 rings (SSSR count). The zero-order chi connectivity index (χ0) is 24.3. The normalized spacial score (nSPS) is 11.8. The molecule has 0 unspecified atom stereocenters. The van der Waals surface area contributed by atoms with Gasteiger partial charge in [0.15, 0.2) is 5.65 Å². The van der Waals surface area contributed by atoms with E-state index < -0.39 is 16.8 Å². The quantitative estimate of drug-likeness (QED) is 0.245. The molecular formula is C23H21ClF4N6. The predicted molar refractivity (Wildman–Crippen MR) is 123 cm³/mol. The lowest BCUT2D eigenvalue weighted by Crippen LogP contribution is -2.09. The van der Waals surface area contributed by atoms with E-state index in [2.05, 4.69) is 20.3 Å². The smallest absolute Gasteiger partial charge is 0.350 e. The van der Waals surface area contributed by atoms with Crippen molar-refractivity contribution in [3.63, 3.8) is 0 Å². The summed E-state index contributed by atoms with van der Waals surface area (Å²) in [6, 6.07) is 10.0. The van der Waals surface area contributed by atoms with Crippen molar-refractivity contribution in [3.05, 3.63) is 70.6 Å². The zero-order valence-electron chi connectivity index (χ0n) is 17.9. The number of nitrogens with zero attached hydrogens (tertiary/aromatic N) is 4. The summed E-state index contributed by atoms with van der Waals surface area (Å²) < 4.78 is 55.9. The van der Waals surface area contributed by atoms with Crippen LogP contribution in [0.5, 0.6) is 0 Å². The summed E-state index contributed by atoms with van der Waals surface area (Å²) in [4.78, 5) is 13.2. The van der Waals surface area contributed by atoms with Gasteiger partial charge < -0.3 is 15.6 Å². The van der Waals surface area contributed by atoms with Gasteiger partial charge in [-0.2, -0.15) is 18.2 Å². The van der Waals surface area contributed by atoms with Gasteiger partial charge in [0, 0.05) is 24.2 Å². The lowest BCUT2D eigenvalue weighted by Gasteiger charge is -2.14. The van der Waals surface area contributed by atoms with Gasteiger partial charge in [-0.1, -0.05) is 35.9 Å². The maximum Gasteiger partial charge on any atom is 0.417 e. The highest BCUT2D eigenvalue weighted by Crippen LogP contribution is 2.40. The van der Waals surface area contributed by atoms with Gasteiger partial charge in [0.05, 0.1) is 16.8 Å². The third-order valence-electron chi connectivity index (χ3n) is 5.26. The first kappa shape index (κ1) is 23.9. The van der Waals surface area contributed by atoms with E-state index in [0.717, 1.165) is 6.07 Å². The Bertz CT molecular complexity index is 1300. The van der Waals surface area contributed by atoms with E-state index in [1.807, 2.05) is 0 Å². The van der Waals surface area contributed by atoms with Crippen LogP contribution in [-0.2, 0) is 19.3 Å². The van der Waals surface area contributed by atoms with Crippen LogP contribution in [0.2, 0.25) is 5.02 Å². The molecule has 2 aromatic carbocycles. The van der Waals surface area contributed by atoms with Gasteiger partial charge in [0.1, 0.15) is 17.2 Å². The highest BCUT2D eigenvalue weighted by Gasteiger charge is 2.34. The van der Waals surface area contributed by atoms with Crippen molar-refractivity contribution in [2.24, 2.45) is 5.73 Å².